The number of rotatable bonds is 8. The molecule has 2 amide bonds. The van der Waals surface area contributed by atoms with Gasteiger partial charge in [-0.05, 0) is 22.3 Å². The average molecular weight is 795 g/mol. The summed E-state index contributed by atoms with van der Waals surface area (Å²) >= 11 is 0. The van der Waals surface area contributed by atoms with Gasteiger partial charge in [-0.2, -0.15) is 0 Å². The molecule has 0 radical (unpaired) electrons. The maximum absolute atomic E-state index is 15.9. The van der Waals surface area contributed by atoms with Crippen molar-refractivity contribution in [2.45, 2.75) is 37.8 Å². The monoisotopic (exact) mass is 794 g/mol. The molecule has 2 aliphatic carbocycles. The number of nitrogens with zero attached hydrogens (tertiary/aromatic N) is 4. The van der Waals surface area contributed by atoms with E-state index in [1.807, 2.05) is 145 Å². The number of aromatic nitrogens is 2. The van der Waals surface area contributed by atoms with Crippen LogP contribution in [-0.4, -0.2) is 56.8 Å². The normalized spacial score (nSPS) is 19.8. The van der Waals surface area contributed by atoms with Crippen molar-refractivity contribution in [2.24, 2.45) is 14.1 Å². The van der Waals surface area contributed by atoms with E-state index in [4.69, 9.17) is 9.47 Å². The van der Waals surface area contributed by atoms with Gasteiger partial charge in [0.15, 0.2) is 0 Å². The molecule has 2 atom stereocenters. The van der Waals surface area contributed by atoms with Gasteiger partial charge < -0.3 is 28.4 Å². The molecule has 0 saturated carbocycles. The number of esters is 2. The molecule has 2 unspecified atom stereocenters. The van der Waals surface area contributed by atoms with Gasteiger partial charge in [0.1, 0.15) is 11.1 Å². The van der Waals surface area contributed by atoms with Gasteiger partial charge in [0.2, 0.25) is 11.8 Å². The van der Waals surface area contributed by atoms with Crippen LogP contribution in [-0.2, 0) is 44.4 Å². The molecule has 0 N–H and O–H groups in total. The summed E-state index contributed by atoms with van der Waals surface area (Å²) in [6, 6.07) is 39.2. The van der Waals surface area contributed by atoms with Gasteiger partial charge in [-0.3, -0.25) is 19.2 Å². The van der Waals surface area contributed by atoms with Gasteiger partial charge >= 0.3 is 11.9 Å². The number of hydrogen-bond acceptors (Lipinski definition) is 6. The fourth-order valence-corrected chi connectivity index (χ4v) is 10.5. The Morgan fingerprint density at radius 3 is 1.13 bits per heavy atom. The second kappa shape index (κ2) is 13.2. The Balaban J connectivity index is 1.52. The van der Waals surface area contributed by atoms with Crippen molar-refractivity contribution in [1.29, 1.82) is 0 Å². The van der Waals surface area contributed by atoms with Crippen molar-refractivity contribution < 1.29 is 28.7 Å². The van der Waals surface area contributed by atoms with Crippen LogP contribution in [0.3, 0.4) is 0 Å². The smallest absolute Gasteiger partial charge is 0.312 e. The first kappa shape index (κ1) is 37.1. The Hall–Kier alpha value is -7.20. The van der Waals surface area contributed by atoms with Gasteiger partial charge in [0.25, 0.3) is 11.8 Å². The maximum Gasteiger partial charge on any atom is 0.312 e. The molecular formula is C50H42N4O6. The molecule has 60 heavy (non-hydrogen) atoms. The summed E-state index contributed by atoms with van der Waals surface area (Å²) in [5.41, 5.74) is 5.85. The molecule has 0 fully saturated rings. The summed E-state index contributed by atoms with van der Waals surface area (Å²) in [6.45, 7) is 3.47. The zero-order chi connectivity index (χ0) is 41.8. The predicted molar refractivity (Wildman–Crippen MR) is 227 cm³/mol. The van der Waals surface area contributed by atoms with Crippen LogP contribution in [0.2, 0.25) is 0 Å². The molecule has 0 bridgehead atoms. The quantitative estimate of drug-likeness (QED) is 0.145. The number of hydrogen-bond donors (Lipinski definition) is 0. The van der Waals surface area contributed by atoms with Crippen LogP contribution in [0.4, 0.5) is 0 Å². The Bertz CT molecular complexity index is 2710. The lowest BCUT2D eigenvalue weighted by molar-refractivity contribution is -0.135. The lowest BCUT2D eigenvalue weighted by Crippen LogP contribution is -2.50. The highest BCUT2D eigenvalue weighted by Crippen LogP contribution is 2.72. The largest absolute Gasteiger partial charge is 0.409 e. The van der Waals surface area contributed by atoms with Crippen LogP contribution in [0, 0.1) is 0 Å². The van der Waals surface area contributed by atoms with Gasteiger partial charge in [0.05, 0.1) is 33.7 Å². The summed E-state index contributed by atoms with van der Waals surface area (Å²) in [7, 11) is 7.28. The minimum Gasteiger partial charge on any atom is -0.409 e. The van der Waals surface area contributed by atoms with Crippen molar-refractivity contribution in [2.75, 3.05) is 14.1 Å². The molecule has 298 valence electrons. The zero-order valence-electron chi connectivity index (χ0n) is 34.2. The summed E-state index contributed by atoms with van der Waals surface area (Å²) < 4.78 is 16.5. The molecular weight excluding hydrogens is 753 g/mol. The topological polar surface area (TPSA) is 103 Å². The number of carbonyl (C=O) groups excluding carboxylic acids is 4. The van der Waals surface area contributed by atoms with E-state index in [2.05, 4.69) is 0 Å². The van der Waals surface area contributed by atoms with E-state index in [0.717, 1.165) is 22.3 Å². The van der Waals surface area contributed by atoms with Gasteiger partial charge in [-0.15, -0.1) is 0 Å². The second-order valence-corrected chi connectivity index (χ2v) is 15.7. The van der Waals surface area contributed by atoms with Crippen LogP contribution in [0.5, 0.6) is 11.8 Å². The van der Waals surface area contributed by atoms with Crippen LogP contribution in [0.1, 0.15) is 60.1 Å². The van der Waals surface area contributed by atoms with Gasteiger partial charge in [-0.1, -0.05) is 135 Å². The first-order valence-electron chi connectivity index (χ1n) is 20.2. The summed E-state index contributed by atoms with van der Waals surface area (Å²) in [5.74, 6) is -1.13. The van der Waals surface area contributed by atoms with E-state index >= 15 is 9.59 Å². The highest BCUT2D eigenvalue weighted by molar-refractivity contribution is 6.35. The number of fused-ring (bicyclic) bond motifs is 6. The molecule has 10 rings (SSSR count). The molecule has 0 saturated heterocycles. The van der Waals surface area contributed by atoms with Crippen molar-refractivity contribution in [3.63, 3.8) is 0 Å². The first-order chi connectivity index (χ1) is 29.1. The van der Waals surface area contributed by atoms with E-state index in [1.165, 1.54) is 0 Å². The van der Waals surface area contributed by atoms with Crippen molar-refractivity contribution in [3.8, 4) is 34.3 Å². The van der Waals surface area contributed by atoms with E-state index in [9.17, 15) is 9.59 Å². The number of likely N-dealkylation sites (N-methyl/N-ethyl adjacent to an activating group) is 2. The van der Waals surface area contributed by atoms with E-state index in [0.29, 0.717) is 55.9 Å². The third-order valence-corrected chi connectivity index (χ3v) is 12.9. The van der Waals surface area contributed by atoms with Crippen molar-refractivity contribution >= 4 is 34.9 Å². The SMILES string of the molecule is CCC(=O)Oc1c2c(c(-c3ccccc3)n1C)C1(c3ccccc3)C3=C(C(=O)N1C)c1c(c(-c4ccccc4)n(C)c1OC(=O)CC)C1(c4ccccc4)C3=C2C(=O)N1C. The summed E-state index contributed by atoms with van der Waals surface area (Å²) in [6.07, 6.45) is 0.192. The minimum absolute atomic E-state index is 0.0961. The molecule has 4 aromatic carbocycles. The predicted octanol–water partition coefficient (Wildman–Crippen LogP) is 7.99. The highest BCUT2D eigenvalue weighted by Gasteiger charge is 2.71. The lowest BCUT2D eigenvalue weighted by atomic mass is 9.58. The van der Waals surface area contributed by atoms with E-state index in [1.54, 1.807) is 37.7 Å². The fraction of sp³-hybridized carbons (Fsp3) is 0.200. The Kier molecular flexibility index (Phi) is 8.13. The zero-order valence-corrected chi connectivity index (χ0v) is 34.2. The summed E-state index contributed by atoms with van der Waals surface area (Å²) in [5, 5.41) is 0. The van der Waals surface area contributed by atoms with Crippen LogP contribution >= 0.6 is 0 Å². The molecule has 10 nitrogen and oxygen atoms in total. The van der Waals surface area contributed by atoms with Crippen LogP contribution in [0.25, 0.3) is 33.7 Å². The molecule has 4 heterocycles. The molecule has 10 heteroatoms. The molecule has 0 spiro atoms. The fourth-order valence-electron chi connectivity index (χ4n) is 10.5. The standard InChI is InChI=1S/C50H42N4O6/c1-7-33(55)59-47-37-35-39-40-36(46(58)54(6)49(40,31-25-17-11-18-26-31)41(37)43(51(47)3)29-21-13-9-14-22-29)38-42(50(39,53(5)45(35)57)32-27-19-12-20-28-32)44(30-23-15-10-16-24-30)52(4)48(38)60-34(56)8-2/h9-28H,7-8H2,1-6H3. The number of amides is 2. The minimum atomic E-state index is -1.39. The Morgan fingerprint density at radius 1 is 0.500 bits per heavy atom. The number of carbonyl (C=O) groups is 4. The second-order valence-electron chi connectivity index (χ2n) is 15.7. The molecule has 4 aliphatic rings. The molecule has 2 aliphatic heterocycles. The Morgan fingerprint density at radius 2 is 0.817 bits per heavy atom. The molecule has 2 aromatic heterocycles. The van der Waals surface area contributed by atoms with Crippen LogP contribution in [0.15, 0.2) is 132 Å². The number of ether oxygens (including phenoxy) is 2. The van der Waals surface area contributed by atoms with Gasteiger partial charge in [0, 0.05) is 63.3 Å². The molecule has 6 aromatic rings. The lowest BCUT2D eigenvalue weighted by Gasteiger charge is -2.48. The maximum atomic E-state index is 15.9. The van der Waals surface area contributed by atoms with Gasteiger partial charge in [-0.25, -0.2) is 0 Å². The third-order valence-electron chi connectivity index (χ3n) is 12.9. The van der Waals surface area contributed by atoms with E-state index in [-0.39, 0.29) is 36.4 Å². The number of benzene rings is 4. The average Bonchev–Trinajstić information content (AvgIpc) is 3.90. The first-order valence-corrected chi connectivity index (χ1v) is 20.2. The van der Waals surface area contributed by atoms with Crippen molar-refractivity contribution in [3.05, 3.63) is 166 Å². The van der Waals surface area contributed by atoms with E-state index < -0.39 is 23.0 Å². The third kappa shape index (κ3) is 4.42. The van der Waals surface area contributed by atoms with Crippen LogP contribution < -0.4 is 9.47 Å². The summed E-state index contributed by atoms with van der Waals surface area (Å²) in [4.78, 5) is 62.5. The Labute approximate surface area is 347 Å². The highest BCUT2D eigenvalue weighted by atomic mass is 16.5. The van der Waals surface area contributed by atoms with Crippen molar-refractivity contribution in [1.82, 2.24) is 18.9 Å².